The molecule has 2 amide bonds. The lowest BCUT2D eigenvalue weighted by Crippen LogP contribution is -2.47. The molecule has 1 atom stereocenters. The highest BCUT2D eigenvalue weighted by Gasteiger charge is 2.37. The minimum absolute atomic E-state index is 0.0502. The van der Waals surface area contributed by atoms with E-state index in [2.05, 4.69) is 27.4 Å². The summed E-state index contributed by atoms with van der Waals surface area (Å²) in [6, 6.07) is 4.06. The van der Waals surface area contributed by atoms with Crippen LogP contribution in [0, 0.1) is 11.3 Å². The van der Waals surface area contributed by atoms with Crippen molar-refractivity contribution < 1.29 is 9.59 Å². The zero-order valence-corrected chi connectivity index (χ0v) is 15.2. The second kappa shape index (κ2) is 7.42. The molecular weight excluding hydrogens is 316 g/mol. The van der Waals surface area contributed by atoms with Gasteiger partial charge >= 0.3 is 0 Å². The molecule has 136 valence electrons. The molecule has 3 rings (SSSR count). The molecule has 0 radical (unpaired) electrons. The van der Waals surface area contributed by atoms with E-state index in [9.17, 15) is 9.59 Å². The van der Waals surface area contributed by atoms with Gasteiger partial charge in [0.15, 0.2) is 0 Å². The van der Waals surface area contributed by atoms with E-state index >= 15 is 0 Å². The van der Waals surface area contributed by atoms with Crippen LogP contribution in [0.2, 0.25) is 0 Å². The summed E-state index contributed by atoms with van der Waals surface area (Å²) < 4.78 is 0. The second-order valence-electron chi connectivity index (χ2n) is 7.71. The Morgan fingerprint density at radius 2 is 2.16 bits per heavy atom. The van der Waals surface area contributed by atoms with Gasteiger partial charge in [-0.25, -0.2) is 4.98 Å². The predicted octanol–water partition coefficient (Wildman–Crippen LogP) is 1.85. The number of carbonyl (C=O) groups is 2. The first kappa shape index (κ1) is 17.7. The molecule has 0 spiro atoms. The first-order valence-electron chi connectivity index (χ1n) is 9.21. The molecule has 1 aromatic rings. The van der Waals surface area contributed by atoms with E-state index in [0.29, 0.717) is 19.5 Å². The maximum Gasteiger partial charge on any atom is 0.226 e. The molecule has 0 aliphatic carbocycles. The maximum absolute atomic E-state index is 12.5. The van der Waals surface area contributed by atoms with Crippen LogP contribution in [-0.2, 0) is 16.1 Å². The van der Waals surface area contributed by atoms with Crippen molar-refractivity contribution in [3.63, 3.8) is 0 Å². The minimum Gasteiger partial charge on any atom is -0.357 e. The monoisotopic (exact) mass is 344 g/mol. The first-order valence-corrected chi connectivity index (χ1v) is 9.21. The third kappa shape index (κ3) is 4.30. The van der Waals surface area contributed by atoms with Gasteiger partial charge in [0, 0.05) is 38.8 Å². The van der Waals surface area contributed by atoms with E-state index in [0.717, 1.165) is 30.4 Å². The summed E-state index contributed by atoms with van der Waals surface area (Å²) in [5.74, 6) is 1.70. The Morgan fingerprint density at radius 3 is 2.80 bits per heavy atom. The molecule has 6 nitrogen and oxygen atoms in total. The SMILES string of the molecule is CC1CCN(c2ccc(CNC(=O)C3(C)CCNC(=O)C3)cn2)CC1. The topological polar surface area (TPSA) is 74.3 Å². The molecule has 0 bridgehead atoms. The van der Waals surface area contributed by atoms with E-state index in [1.807, 2.05) is 25.3 Å². The molecule has 1 aromatic heterocycles. The predicted molar refractivity (Wildman–Crippen MR) is 97.0 cm³/mol. The van der Waals surface area contributed by atoms with E-state index in [4.69, 9.17) is 0 Å². The minimum atomic E-state index is -0.611. The van der Waals surface area contributed by atoms with Crippen LogP contribution in [0.4, 0.5) is 5.82 Å². The first-order chi connectivity index (χ1) is 12.0. The fraction of sp³-hybridized carbons (Fsp3) is 0.632. The molecule has 2 aliphatic rings. The van der Waals surface area contributed by atoms with Crippen LogP contribution in [0.15, 0.2) is 18.3 Å². The van der Waals surface area contributed by atoms with Gasteiger partial charge in [0.2, 0.25) is 11.8 Å². The summed E-state index contributed by atoms with van der Waals surface area (Å²) in [5.41, 5.74) is 0.367. The fourth-order valence-electron chi connectivity index (χ4n) is 3.52. The molecule has 0 saturated carbocycles. The summed E-state index contributed by atoms with van der Waals surface area (Å²) >= 11 is 0. The number of hydrogen-bond donors (Lipinski definition) is 2. The van der Waals surface area contributed by atoms with E-state index in [1.54, 1.807) is 0 Å². The summed E-state index contributed by atoms with van der Waals surface area (Å²) in [6.07, 6.45) is 5.19. The van der Waals surface area contributed by atoms with Crippen molar-refractivity contribution in [2.45, 2.75) is 46.1 Å². The quantitative estimate of drug-likeness (QED) is 0.874. The normalized spacial score (nSPS) is 24.7. The van der Waals surface area contributed by atoms with Gasteiger partial charge in [0.05, 0.1) is 5.41 Å². The number of hydrogen-bond acceptors (Lipinski definition) is 4. The van der Waals surface area contributed by atoms with Crippen molar-refractivity contribution >= 4 is 17.6 Å². The van der Waals surface area contributed by atoms with E-state index in [-0.39, 0.29) is 18.2 Å². The van der Waals surface area contributed by atoms with E-state index < -0.39 is 5.41 Å². The Bertz CT molecular complexity index is 623. The highest BCUT2D eigenvalue weighted by Crippen LogP contribution is 2.28. The van der Waals surface area contributed by atoms with Gasteiger partial charge in [0.25, 0.3) is 0 Å². The Labute approximate surface area is 149 Å². The zero-order valence-electron chi connectivity index (χ0n) is 15.2. The standard InChI is InChI=1S/C19H28N4O2/c1-14-5-9-23(10-6-14)16-4-3-15(12-21-16)13-22-18(25)19(2)7-8-20-17(24)11-19/h3-4,12,14H,5-11,13H2,1-2H3,(H,20,24)(H,22,25). The number of nitrogens with one attached hydrogen (secondary N) is 2. The Kier molecular flexibility index (Phi) is 5.25. The average Bonchev–Trinajstić information content (AvgIpc) is 2.60. The molecule has 3 heterocycles. The van der Waals surface area contributed by atoms with Gasteiger partial charge in [-0.2, -0.15) is 0 Å². The Balaban J connectivity index is 1.53. The van der Waals surface area contributed by atoms with Crippen molar-refractivity contribution in [3.05, 3.63) is 23.9 Å². The maximum atomic E-state index is 12.5. The van der Waals surface area contributed by atoms with Gasteiger partial charge in [-0.1, -0.05) is 19.9 Å². The lowest BCUT2D eigenvalue weighted by molar-refractivity contribution is -0.138. The van der Waals surface area contributed by atoms with Crippen molar-refractivity contribution in [3.8, 4) is 0 Å². The summed E-state index contributed by atoms with van der Waals surface area (Å²) in [5, 5.41) is 5.73. The van der Waals surface area contributed by atoms with Gasteiger partial charge in [0.1, 0.15) is 5.82 Å². The number of amides is 2. The highest BCUT2D eigenvalue weighted by atomic mass is 16.2. The van der Waals surface area contributed by atoms with Gasteiger partial charge < -0.3 is 15.5 Å². The fourth-order valence-corrected chi connectivity index (χ4v) is 3.52. The van der Waals surface area contributed by atoms with Gasteiger partial charge in [-0.3, -0.25) is 9.59 Å². The number of pyridine rings is 1. The molecule has 2 N–H and O–H groups in total. The number of rotatable bonds is 4. The lowest BCUT2D eigenvalue weighted by atomic mass is 9.80. The number of carbonyl (C=O) groups excluding carboxylic acids is 2. The third-order valence-corrected chi connectivity index (χ3v) is 5.47. The third-order valence-electron chi connectivity index (χ3n) is 5.47. The largest absolute Gasteiger partial charge is 0.357 e. The molecular formula is C19H28N4O2. The Hall–Kier alpha value is -2.11. The molecule has 2 aliphatic heterocycles. The smallest absolute Gasteiger partial charge is 0.226 e. The molecule has 6 heteroatoms. The van der Waals surface area contributed by atoms with Crippen LogP contribution in [-0.4, -0.2) is 36.4 Å². The number of anilines is 1. The van der Waals surface area contributed by atoms with Gasteiger partial charge in [-0.15, -0.1) is 0 Å². The van der Waals surface area contributed by atoms with Crippen LogP contribution in [0.5, 0.6) is 0 Å². The summed E-state index contributed by atoms with van der Waals surface area (Å²) in [6.45, 7) is 7.29. The van der Waals surface area contributed by atoms with Crippen LogP contribution in [0.3, 0.4) is 0 Å². The van der Waals surface area contributed by atoms with Crippen LogP contribution in [0.25, 0.3) is 0 Å². The molecule has 1 unspecified atom stereocenters. The lowest BCUT2D eigenvalue weighted by Gasteiger charge is -2.32. The van der Waals surface area contributed by atoms with Crippen LogP contribution < -0.4 is 15.5 Å². The molecule has 2 saturated heterocycles. The van der Waals surface area contributed by atoms with Crippen LogP contribution >= 0.6 is 0 Å². The molecule has 0 aromatic carbocycles. The highest BCUT2D eigenvalue weighted by molar-refractivity contribution is 5.89. The molecule has 25 heavy (non-hydrogen) atoms. The van der Waals surface area contributed by atoms with Crippen molar-refractivity contribution in [1.82, 2.24) is 15.6 Å². The van der Waals surface area contributed by atoms with Crippen molar-refractivity contribution in [2.75, 3.05) is 24.5 Å². The number of piperidine rings is 2. The molecule has 2 fully saturated rings. The van der Waals surface area contributed by atoms with E-state index in [1.165, 1.54) is 12.8 Å². The van der Waals surface area contributed by atoms with Gasteiger partial charge in [-0.05, 0) is 36.8 Å². The summed E-state index contributed by atoms with van der Waals surface area (Å²) in [4.78, 5) is 30.9. The Morgan fingerprint density at radius 1 is 1.40 bits per heavy atom. The second-order valence-corrected chi connectivity index (χ2v) is 7.71. The summed E-state index contributed by atoms with van der Waals surface area (Å²) in [7, 11) is 0. The van der Waals surface area contributed by atoms with Crippen molar-refractivity contribution in [1.29, 1.82) is 0 Å². The zero-order chi connectivity index (χ0) is 17.9. The average molecular weight is 344 g/mol. The number of aromatic nitrogens is 1. The van der Waals surface area contributed by atoms with Crippen molar-refractivity contribution in [2.24, 2.45) is 11.3 Å². The number of nitrogens with zero attached hydrogens (tertiary/aromatic N) is 2. The van der Waals surface area contributed by atoms with Crippen LogP contribution in [0.1, 0.15) is 45.1 Å².